The van der Waals surface area contributed by atoms with Crippen LogP contribution in [0, 0.1) is 20.2 Å². The third-order valence-corrected chi connectivity index (χ3v) is 5.94. The van der Waals surface area contributed by atoms with Gasteiger partial charge >= 0.3 is 12.2 Å². The number of nitro benzene ring substituents is 2. The van der Waals surface area contributed by atoms with Crippen LogP contribution < -0.4 is 5.32 Å². The lowest BCUT2D eigenvalue weighted by atomic mass is 10.0. The number of hydrogen-bond acceptors (Lipinski definition) is 10. The normalized spacial score (nSPS) is 17.5. The van der Waals surface area contributed by atoms with Gasteiger partial charge < -0.3 is 29.9 Å². The minimum atomic E-state index is -0.884. The molecular weight excluding hydrogens is 504 g/mol. The van der Waals surface area contributed by atoms with Crippen LogP contribution in [0.5, 0.6) is 0 Å². The summed E-state index contributed by atoms with van der Waals surface area (Å²) in [7, 11) is 0. The van der Waals surface area contributed by atoms with Gasteiger partial charge in [0.1, 0.15) is 13.2 Å². The molecule has 204 valence electrons. The van der Waals surface area contributed by atoms with E-state index < -0.39 is 40.3 Å². The van der Waals surface area contributed by atoms with E-state index in [-0.39, 0.29) is 56.9 Å². The van der Waals surface area contributed by atoms with E-state index in [9.17, 15) is 40.0 Å². The number of amides is 2. The van der Waals surface area contributed by atoms with E-state index in [0.29, 0.717) is 11.1 Å². The molecule has 3 N–H and O–H groups in total. The van der Waals surface area contributed by atoms with Crippen molar-refractivity contribution in [2.24, 2.45) is 0 Å². The zero-order chi connectivity index (χ0) is 27.7. The Labute approximate surface area is 217 Å². The van der Waals surface area contributed by atoms with Gasteiger partial charge in [0.05, 0.1) is 28.6 Å². The average molecular weight is 533 g/mol. The Morgan fingerprint density at radius 2 is 1.50 bits per heavy atom. The van der Waals surface area contributed by atoms with Gasteiger partial charge in [-0.05, 0) is 54.7 Å². The summed E-state index contributed by atoms with van der Waals surface area (Å²) in [6.45, 7) is -0.0439. The monoisotopic (exact) mass is 532 g/mol. The molecule has 0 radical (unpaired) electrons. The predicted molar refractivity (Wildman–Crippen MR) is 131 cm³/mol. The molecule has 2 aromatic rings. The third kappa shape index (κ3) is 8.38. The maximum Gasteiger partial charge on any atom is 0.410 e. The molecule has 0 aliphatic carbocycles. The first-order valence-electron chi connectivity index (χ1n) is 11.8. The van der Waals surface area contributed by atoms with Crippen LogP contribution in [0.4, 0.5) is 21.0 Å². The summed E-state index contributed by atoms with van der Waals surface area (Å²) in [6.07, 6.45) is -2.46. The number of nitrogens with one attached hydrogen (secondary N) is 1. The number of β-amino-alcohol motifs (C(OH)–C–C–N with tert-alkyl or cyclic N) is 1. The van der Waals surface area contributed by atoms with Crippen molar-refractivity contribution < 1.29 is 39.1 Å². The first-order valence-corrected chi connectivity index (χ1v) is 11.8. The number of likely N-dealkylation sites (tertiary alicyclic amines) is 1. The molecule has 1 aliphatic rings. The van der Waals surface area contributed by atoms with E-state index in [1.165, 1.54) is 53.4 Å². The highest BCUT2D eigenvalue weighted by Crippen LogP contribution is 2.24. The Balaban J connectivity index is 1.38. The quantitative estimate of drug-likeness (QED) is 0.286. The molecule has 2 aromatic carbocycles. The van der Waals surface area contributed by atoms with Gasteiger partial charge in [0, 0.05) is 36.9 Å². The first-order chi connectivity index (χ1) is 18.1. The zero-order valence-corrected chi connectivity index (χ0v) is 20.3. The van der Waals surface area contributed by atoms with Gasteiger partial charge in [-0.2, -0.15) is 0 Å². The molecule has 3 atom stereocenters. The lowest BCUT2D eigenvalue weighted by Gasteiger charge is -2.25. The fourth-order valence-electron chi connectivity index (χ4n) is 3.97. The molecule has 38 heavy (non-hydrogen) atoms. The minimum absolute atomic E-state index is 0.0453. The fourth-order valence-corrected chi connectivity index (χ4v) is 3.97. The van der Waals surface area contributed by atoms with Crippen LogP contribution in [-0.4, -0.2) is 68.5 Å². The smallest absolute Gasteiger partial charge is 0.410 e. The molecule has 1 fully saturated rings. The Hall–Kier alpha value is -4.30. The molecule has 3 rings (SSSR count). The van der Waals surface area contributed by atoms with Crippen molar-refractivity contribution in [1.29, 1.82) is 0 Å². The maximum absolute atomic E-state index is 12.6. The van der Waals surface area contributed by atoms with Gasteiger partial charge in [0.15, 0.2) is 0 Å². The van der Waals surface area contributed by atoms with Crippen molar-refractivity contribution in [1.82, 2.24) is 10.2 Å². The summed E-state index contributed by atoms with van der Waals surface area (Å²) in [5.41, 5.74) is 0.986. The summed E-state index contributed by atoms with van der Waals surface area (Å²) in [5.74, 6) is 0. The van der Waals surface area contributed by atoms with Crippen LogP contribution in [0.1, 0.15) is 30.4 Å². The Morgan fingerprint density at radius 3 is 2.03 bits per heavy atom. The number of carbonyl (C=O) groups excluding carboxylic acids is 2. The topological polar surface area (TPSA) is 195 Å². The molecule has 14 heteroatoms. The second-order valence-corrected chi connectivity index (χ2v) is 8.78. The number of nitro groups is 2. The van der Waals surface area contributed by atoms with Crippen molar-refractivity contribution in [2.45, 2.75) is 50.7 Å². The molecule has 0 saturated carbocycles. The second-order valence-electron chi connectivity index (χ2n) is 8.78. The largest absolute Gasteiger partial charge is 0.445 e. The summed E-state index contributed by atoms with van der Waals surface area (Å²) in [6, 6.07) is 10.7. The molecule has 0 bridgehead atoms. The van der Waals surface area contributed by atoms with Crippen LogP contribution in [0.2, 0.25) is 0 Å². The molecular formula is C24H28N4O10. The van der Waals surface area contributed by atoms with Crippen molar-refractivity contribution in [3.8, 4) is 0 Å². The number of aliphatic hydroxyl groups excluding tert-OH is 2. The van der Waals surface area contributed by atoms with Gasteiger partial charge in [0.2, 0.25) is 0 Å². The molecule has 0 spiro atoms. The lowest BCUT2D eigenvalue weighted by Crippen LogP contribution is -2.38. The molecule has 2 amide bonds. The van der Waals surface area contributed by atoms with E-state index in [2.05, 4.69) is 5.32 Å². The number of carbonyl (C=O) groups is 2. The van der Waals surface area contributed by atoms with Crippen molar-refractivity contribution in [2.75, 3.05) is 13.1 Å². The van der Waals surface area contributed by atoms with Gasteiger partial charge in [-0.15, -0.1) is 0 Å². The highest BCUT2D eigenvalue weighted by molar-refractivity contribution is 5.68. The molecule has 0 unspecified atom stereocenters. The Morgan fingerprint density at radius 1 is 0.974 bits per heavy atom. The lowest BCUT2D eigenvalue weighted by molar-refractivity contribution is -0.385. The number of aliphatic hydroxyl groups is 2. The number of alkyl carbamates (subject to hydrolysis) is 1. The minimum Gasteiger partial charge on any atom is -0.445 e. The summed E-state index contributed by atoms with van der Waals surface area (Å²) in [5, 5.41) is 44.4. The van der Waals surface area contributed by atoms with E-state index >= 15 is 0 Å². The third-order valence-electron chi connectivity index (χ3n) is 5.94. The Kier molecular flexibility index (Phi) is 9.90. The number of non-ortho nitro benzene ring substituents is 2. The number of benzene rings is 2. The van der Waals surface area contributed by atoms with Gasteiger partial charge in [-0.25, -0.2) is 9.59 Å². The van der Waals surface area contributed by atoms with Gasteiger partial charge in [0.25, 0.3) is 11.4 Å². The fraction of sp³-hybridized carbons (Fsp3) is 0.417. The van der Waals surface area contributed by atoms with Crippen LogP contribution in [0.15, 0.2) is 48.5 Å². The Bertz CT molecular complexity index is 1130. The summed E-state index contributed by atoms with van der Waals surface area (Å²) >= 11 is 0. The van der Waals surface area contributed by atoms with Crippen LogP contribution >= 0.6 is 0 Å². The highest BCUT2D eigenvalue weighted by atomic mass is 16.6. The molecule has 1 heterocycles. The molecule has 1 aliphatic heterocycles. The van der Waals surface area contributed by atoms with E-state index in [0.717, 1.165) is 0 Å². The van der Waals surface area contributed by atoms with E-state index in [1.807, 2.05) is 0 Å². The van der Waals surface area contributed by atoms with Crippen LogP contribution in [0.3, 0.4) is 0 Å². The standard InChI is InChI=1S/C24H28N4O10/c29-21(9-10-25-23(31)37-14-16-1-5-18(6-2-16)27(33)34)11-20-12-22(30)13-26(20)24(32)38-15-17-3-7-19(8-4-17)28(35)36/h1-8,20-22,29-30H,9-15H2,(H,25,31)/t20-,21-,22+/m1/s1. The SMILES string of the molecule is O=C(NCC[C@@H](O)C[C@@H]1C[C@H](O)CN1C(=O)OCc1ccc([N+](=O)[O-])cc1)OCc1ccc([N+](=O)[O-])cc1. The highest BCUT2D eigenvalue weighted by Gasteiger charge is 2.36. The number of ether oxygens (including phenoxy) is 2. The van der Waals surface area contributed by atoms with Gasteiger partial charge in [-0.3, -0.25) is 20.2 Å². The zero-order valence-electron chi connectivity index (χ0n) is 20.3. The number of hydrogen-bond donors (Lipinski definition) is 3. The average Bonchev–Trinajstić information content (AvgIpc) is 3.26. The van der Waals surface area contributed by atoms with Gasteiger partial charge in [-0.1, -0.05) is 0 Å². The first kappa shape index (κ1) is 28.3. The number of nitrogens with zero attached hydrogens (tertiary/aromatic N) is 3. The van der Waals surface area contributed by atoms with Crippen molar-refractivity contribution >= 4 is 23.6 Å². The van der Waals surface area contributed by atoms with Crippen LogP contribution in [0.25, 0.3) is 0 Å². The van der Waals surface area contributed by atoms with Crippen molar-refractivity contribution in [3.05, 3.63) is 79.9 Å². The summed E-state index contributed by atoms with van der Waals surface area (Å²) < 4.78 is 10.3. The molecule has 0 aromatic heterocycles. The molecule has 14 nitrogen and oxygen atoms in total. The van der Waals surface area contributed by atoms with Crippen molar-refractivity contribution in [3.63, 3.8) is 0 Å². The van der Waals surface area contributed by atoms with E-state index in [1.54, 1.807) is 0 Å². The van der Waals surface area contributed by atoms with E-state index in [4.69, 9.17) is 9.47 Å². The maximum atomic E-state index is 12.6. The summed E-state index contributed by atoms with van der Waals surface area (Å²) in [4.78, 5) is 46.1. The second kappa shape index (κ2) is 13.3. The van der Waals surface area contributed by atoms with Crippen LogP contribution in [-0.2, 0) is 22.7 Å². The molecule has 1 saturated heterocycles. The predicted octanol–water partition coefficient (Wildman–Crippen LogP) is 2.64. The number of rotatable bonds is 11.